The summed E-state index contributed by atoms with van der Waals surface area (Å²) in [4.78, 5) is 35.7. The van der Waals surface area contributed by atoms with Crippen molar-refractivity contribution in [3.8, 4) is 22.6 Å². The average Bonchev–Trinajstić information content (AvgIpc) is 3.49. The monoisotopic (exact) mass is 498 g/mol. The first kappa shape index (κ1) is 24.4. The van der Waals surface area contributed by atoms with Crippen LogP contribution in [0.2, 0.25) is 0 Å². The molecule has 3 heterocycles. The van der Waals surface area contributed by atoms with Gasteiger partial charge in [-0.2, -0.15) is 0 Å². The molecule has 4 aromatic rings. The van der Waals surface area contributed by atoms with Gasteiger partial charge in [-0.1, -0.05) is 30.3 Å². The lowest BCUT2D eigenvalue weighted by Gasteiger charge is -2.20. The lowest BCUT2D eigenvalue weighted by molar-refractivity contribution is -0.142. The summed E-state index contributed by atoms with van der Waals surface area (Å²) in [5.41, 5.74) is 1.99. The second-order valence-electron chi connectivity index (χ2n) is 10.0. The van der Waals surface area contributed by atoms with E-state index in [9.17, 15) is 14.7 Å². The molecule has 8 heteroatoms. The van der Waals surface area contributed by atoms with Crippen LogP contribution in [0.3, 0.4) is 0 Å². The standard InChI is InChI=1S/C29H27FN4O3/c1-17(2)33-13-12-31-26(33)24-6-5-7-25(32-24)34-16-19-9-8-18(14-22(19)27(34)35)21-11-10-20(15-23(21)30)29(3,4)28(36)37/h5-15,17H,16H2,1-4H3,(H,36,37). The third kappa shape index (κ3) is 4.18. The molecular formula is C29H27FN4O3. The Balaban J connectivity index is 1.45. The summed E-state index contributed by atoms with van der Waals surface area (Å²) in [5, 5.41) is 9.46. The number of aliphatic carboxylic acids is 1. The molecule has 1 amide bonds. The van der Waals surface area contributed by atoms with Crippen molar-refractivity contribution in [2.45, 2.75) is 45.7 Å². The number of carbonyl (C=O) groups excluding carboxylic acids is 1. The van der Waals surface area contributed by atoms with Crippen molar-refractivity contribution in [2.75, 3.05) is 4.90 Å². The van der Waals surface area contributed by atoms with E-state index in [0.717, 1.165) is 11.4 Å². The molecule has 37 heavy (non-hydrogen) atoms. The predicted molar refractivity (Wildman–Crippen MR) is 139 cm³/mol. The number of nitrogens with zero attached hydrogens (tertiary/aromatic N) is 4. The van der Waals surface area contributed by atoms with Crippen LogP contribution in [0.15, 0.2) is 67.0 Å². The molecule has 188 valence electrons. The zero-order valence-corrected chi connectivity index (χ0v) is 21.1. The molecule has 0 unspecified atom stereocenters. The van der Waals surface area contributed by atoms with Gasteiger partial charge in [0.25, 0.3) is 5.91 Å². The van der Waals surface area contributed by atoms with Crippen LogP contribution in [0.1, 0.15) is 55.2 Å². The largest absolute Gasteiger partial charge is 0.481 e. The molecule has 2 aromatic heterocycles. The van der Waals surface area contributed by atoms with E-state index in [-0.39, 0.29) is 11.9 Å². The molecule has 1 N–H and O–H groups in total. The van der Waals surface area contributed by atoms with E-state index in [1.807, 2.05) is 29.0 Å². The average molecular weight is 499 g/mol. The number of imidazole rings is 1. The highest BCUT2D eigenvalue weighted by Crippen LogP contribution is 2.34. The number of pyridine rings is 1. The Morgan fingerprint density at radius 2 is 1.86 bits per heavy atom. The maximum atomic E-state index is 15.1. The van der Waals surface area contributed by atoms with Gasteiger partial charge in [-0.3, -0.25) is 14.5 Å². The summed E-state index contributed by atoms with van der Waals surface area (Å²) in [5.74, 6) is -0.533. The fraction of sp³-hybridized carbons (Fsp3) is 0.241. The third-order valence-electron chi connectivity index (χ3n) is 6.92. The van der Waals surface area contributed by atoms with Crippen LogP contribution < -0.4 is 4.90 Å². The van der Waals surface area contributed by atoms with Crippen LogP contribution in [0.5, 0.6) is 0 Å². The lowest BCUT2D eigenvalue weighted by Crippen LogP contribution is -2.28. The number of amides is 1. The van der Waals surface area contributed by atoms with Crippen LogP contribution in [0.4, 0.5) is 10.2 Å². The summed E-state index contributed by atoms with van der Waals surface area (Å²) in [7, 11) is 0. The maximum Gasteiger partial charge on any atom is 0.313 e. The number of carbonyl (C=O) groups is 2. The van der Waals surface area contributed by atoms with E-state index in [1.165, 1.54) is 19.9 Å². The number of rotatable bonds is 6. The topological polar surface area (TPSA) is 88.3 Å². The fourth-order valence-corrected chi connectivity index (χ4v) is 4.54. The molecule has 5 rings (SSSR count). The fourth-order valence-electron chi connectivity index (χ4n) is 4.54. The SMILES string of the molecule is CC(C)n1ccnc1-c1cccc(N2Cc3ccc(-c4ccc(C(C)(C)C(=O)O)cc4F)cc3C2=O)n1. The van der Waals surface area contributed by atoms with Crippen molar-refractivity contribution >= 4 is 17.7 Å². The van der Waals surface area contributed by atoms with E-state index in [1.54, 1.807) is 41.4 Å². The third-order valence-corrected chi connectivity index (χ3v) is 6.92. The van der Waals surface area contributed by atoms with Crippen LogP contribution in [-0.2, 0) is 16.8 Å². The molecule has 1 aliphatic rings. The van der Waals surface area contributed by atoms with E-state index in [4.69, 9.17) is 4.98 Å². The number of fused-ring (bicyclic) bond motifs is 1. The Kier molecular flexibility index (Phi) is 5.90. The number of anilines is 1. The number of hydrogen-bond acceptors (Lipinski definition) is 4. The van der Waals surface area contributed by atoms with Gasteiger partial charge in [-0.15, -0.1) is 0 Å². The van der Waals surface area contributed by atoms with Gasteiger partial charge in [0.15, 0.2) is 5.82 Å². The summed E-state index contributed by atoms with van der Waals surface area (Å²) in [6, 6.07) is 15.5. The molecule has 0 bridgehead atoms. The number of benzene rings is 2. The summed E-state index contributed by atoms with van der Waals surface area (Å²) >= 11 is 0. The number of aromatic nitrogens is 3. The highest BCUT2D eigenvalue weighted by Gasteiger charge is 2.32. The maximum absolute atomic E-state index is 15.1. The molecule has 0 saturated carbocycles. The zero-order valence-electron chi connectivity index (χ0n) is 21.1. The zero-order chi connectivity index (χ0) is 26.5. The number of carboxylic acid groups (broad SMARTS) is 1. The van der Waals surface area contributed by atoms with Gasteiger partial charge >= 0.3 is 5.97 Å². The Labute approximate surface area is 214 Å². The highest BCUT2D eigenvalue weighted by molar-refractivity contribution is 6.10. The van der Waals surface area contributed by atoms with Crippen molar-refractivity contribution in [3.05, 3.63) is 89.5 Å². The second kappa shape index (κ2) is 8.96. The first-order valence-electron chi connectivity index (χ1n) is 12.1. The van der Waals surface area contributed by atoms with Gasteiger partial charge in [0, 0.05) is 29.6 Å². The van der Waals surface area contributed by atoms with Gasteiger partial charge in [0.1, 0.15) is 17.3 Å². The molecule has 0 radical (unpaired) electrons. The number of hydrogen-bond donors (Lipinski definition) is 1. The smallest absolute Gasteiger partial charge is 0.313 e. The molecule has 0 spiro atoms. The minimum absolute atomic E-state index is 0.210. The highest BCUT2D eigenvalue weighted by atomic mass is 19.1. The number of carboxylic acids is 1. The Morgan fingerprint density at radius 3 is 2.57 bits per heavy atom. The van der Waals surface area contributed by atoms with Crippen molar-refractivity contribution in [1.29, 1.82) is 0 Å². The molecule has 7 nitrogen and oxygen atoms in total. The number of halogens is 1. The Bertz CT molecular complexity index is 1540. The van der Waals surface area contributed by atoms with Crippen LogP contribution in [0.25, 0.3) is 22.6 Å². The van der Waals surface area contributed by atoms with Crippen molar-refractivity contribution in [2.24, 2.45) is 0 Å². The molecule has 0 saturated heterocycles. The van der Waals surface area contributed by atoms with Gasteiger partial charge in [-0.05, 0) is 68.7 Å². The van der Waals surface area contributed by atoms with Crippen molar-refractivity contribution in [1.82, 2.24) is 14.5 Å². The van der Waals surface area contributed by atoms with Crippen LogP contribution >= 0.6 is 0 Å². The van der Waals surface area contributed by atoms with Gasteiger partial charge in [0.2, 0.25) is 0 Å². The minimum Gasteiger partial charge on any atom is -0.481 e. The van der Waals surface area contributed by atoms with E-state index in [2.05, 4.69) is 18.8 Å². The van der Waals surface area contributed by atoms with Gasteiger partial charge < -0.3 is 9.67 Å². The first-order chi connectivity index (χ1) is 17.6. The second-order valence-corrected chi connectivity index (χ2v) is 10.0. The molecule has 1 aliphatic heterocycles. The molecule has 0 atom stereocenters. The summed E-state index contributed by atoms with van der Waals surface area (Å²) in [6.07, 6.45) is 3.64. The van der Waals surface area contributed by atoms with E-state index < -0.39 is 17.2 Å². The Morgan fingerprint density at radius 1 is 1.08 bits per heavy atom. The minimum atomic E-state index is -1.22. The molecule has 0 aliphatic carbocycles. The van der Waals surface area contributed by atoms with Crippen molar-refractivity contribution < 1.29 is 19.1 Å². The van der Waals surface area contributed by atoms with Gasteiger partial charge in [-0.25, -0.2) is 14.4 Å². The lowest BCUT2D eigenvalue weighted by atomic mass is 9.84. The summed E-state index contributed by atoms with van der Waals surface area (Å²) in [6.45, 7) is 7.56. The molecular weight excluding hydrogens is 471 g/mol. The normalized spacial score (nSPS) is 13.4. The van der Waals surface area contributed by atoms with Crippen LogP contribution in [0, 0.1) is 5.82 Å². The summed E-state index contributed by atoms with van der Waals surface area (Å²) < 4.78 is 17.1. The first-order valence-corrected chi connectivity index (χ1v) is 12.1. The van der Waals surface area contributed by atoms with E-state index >= 15 is 4.39 Å². The predicted octanol–water partition coefficient (Wildman–Crippen LogP) is 5.85. The Hall–Kier alpha value is -4.33. The van der Waals surface area contributed by atoms with Crippen molar-refractivity contribution in [3.63, 3.8) is 0 Å². The van der Waals surface area contributed by atoms with Gasteiger partial charge in [0.05, 0.1) is 12.0 Å². The quantitative estimate of drug-likeness (QED) is 0.360. The van der Waals surface area contributed by atoms with Crippen LogP contribution in [-0.4, -0.2) is 31.5 Å². The molecule has 0 fully saturated rings. The molecule has 2 aromatic carbocycles. The van der Waals surface area contributed by atoms with E-state index in [0.29, 0.717) is 40.3 Å².